The van der Waals surface area contributed by atoms with Crippen molar-refractivity contribution in [2.75, 3.05) is 40.3 Å². The number of carbonyl (C=O) groups is 1. The molecule has 1 N–H and O–H groups in total. The molecule has 1 fully saturated rings. The topological polar surface area (TPSA) is 35.6 Å². The first-order chi connectivity index (χ1) is 9.15. The number of rotatable bonds is 8. The Hall–Kier alpha value is -0.610. The van der Waals surface area contributed by atoms with Gasteiger partial charge in [0, 0.05) is 33.1 Å². The summed E-state index contributed by atoms with van der Waals surface area (Å²) in [5, 5.41) is 3.54. The highest BCUT2D eigenvalue weighted by Gasteiger charge is 2.21. The van der Waals surface area contributed by atoms with Gasteiger partial charge in [-0.15, -0.1) is 0 Å². The maximum Gasteiger partial charge on any atom is 0.222 e. The molecule has 0 spiro atoms. The van der Waals surface area contributed by atoms with Gasteiger partial charge in [-0.25, -0.2) is 0 Å². The molecule has 4 heteroatoms. The number of nitrogens with one attached hydrogen (secondary N) is 1. The zero-order valence-corrected chi connectivity index (χ0v) is 13.0. The van der Waals surface area contributed by atoms with Crippen LogP contribution in [0.1, 0.15) is 45.4 Å². The Labute approximate surface area is 118 Å². The Kier molecular flexibility index (Phi) is 8.07. The molecule has 1 heterocycles. The minimum atomic E-state index is 0.248. The van der Waals surface area contributed by atoms with Crippen LogP contribution in [0.25, 0.3) is 0 Å². The number of hydrogen-bond donors (Lipinski definition) is 1. The van der Waals surface area contributed by atoms with Crippen molar-refractivity contribution >= 4 is 5.91 Å². The standard InChI is InChI=1S/C15H31N3O/c1-4-10-16-13-14-8-5-6-11-18(14)12-7-9-15(19)17(2)3/h14,16H,4-13H2,1-3H3. The fourth-order valence-electron chi connectivity index (χ4n) is 2.69. The Morgan fingerprint density at radius 3 is 2.84 bits per heavy atom. The SMILES string of the molecule is CCCNCC1CCCCN1CCCC(=O)N(C)C. The molecule has 112 valence electrons. The van der Waals surface area contributed by atoms with Gasteiger partial charge < -0.3 is 10.2 Å². The highest BCUT2D eigenvalue weighted by molar-refractivity contribution is 5.75. The van der Waals surface area contributed by atoms with Gasteiger partial charge >= 0.3 is 0 Å². The number of nitrogens with zero attached hydrogens (tertiary/aromatic N) is 2. The van der Waals surface area contributed by atoms with E-state index in [9.17, 15) is 4.79 Å². The largest absolute Gasteiger partial charge is 0.349 e. The van der Waals surface area contributed by atoms with Crippen LogP contribution >= 0.6 is 0 Å². The lowest BCUT2D eigenvalue weighted by molar-refractivity contribution is -0.128. The highest BCUT2D eigenvalue weighted by Crippen LogP contribution is 2.17. The summed E-state index contributed by atoms with van der Waals surface area (Å²) in [5.74, 6) is 0.248. The summed E-state index contributed by atoms with van der Waals surface area (Å²) < 4.78 is 0. The van der Waals surface area contributed by atoms with Crippen molar-refractivity contribution in [3.05, 3.63) is 0 Å². The smallest absolute Gasteiger partial charge is 0.222 e. The van der Waals surface area contributed by atoms with Crippen molar-refractivity contribution in [3.8, 4) is 0 Å². The number of carbonyl (C=O) groups excluding carboxylic acids is 1. The normalized spacial score (nSPS) is 20.5. The molecule has 4 nitrogen and oxygen atoms in total. The van der Waals surface area contributed by atoms with Gasteiger partial charge in [0.25, 0.3) is 0 Å². The van der Waals surface area contributed by atoms with Crippen LogP contribution in [-0.2, 0) is 4.79 Å². The second-order valence-corrected chi connectivity index (χ2v) is 5.78. The van der Waals surface area contributed by atoms with E-state index in [4.69, 9.17) is 0 Å². The number of likely N-dealkylation sites (tertiary alicyclic amines) is 1. The molecule has 0 saturated carbocycles. The summed E-state index contributed by atoms with van der Waals surface area (Å²) in [6.45, 7) is 6.70. The van der Waals surface area contributed by atoms with E-state index in [-0.39, 0.29) is 5.91 Å². The van der Waals surface area contributed by atoms with Crippen LogP contribution in [0.4, 0.5) is 0 Å². The Balaban J connectivity index is 2.25. The second-order valence-electron chi connectivity index (χ2n) is 5.78. The van der Waals surface area contributed by atoms with Crippen molar-refractivity contribution in [2.24, 2.45) is 0 Å². The van der Waals surface area contributed by atoms with E-state index < -0.39 is 0 Å². The average Bonchev–Trinajstić information content (AvgIpc) is 2.40. The fraction of sp³-hybridized carbons (Fsp3) is 0.933. The van der Waals surface area contributed by atoms with E-state index in [1.165, 1.54) is 32.2 Å². The van der Waals surface area contributed by atoms with Crippen LogP contribution in [0.2, 0.25) is 0 Å². The maximum atomic E-state index is 11.6. The molecule has 0 aromatic rings. The molecule has 0 bridgehead atoms. The zero-order chi connectivity index (χ0) is 14.1. The molecule has 0 radical (unpaired) electrons. The van der Waals surface area contributed by atoms with Crippen LogP contribution in [0.15, 0.2) is 0 Å². The third-order valence-electron chi connectivity index (χ3n) is 3.89. The third-order valence-corrected chi connectivity index (χ3v) is 3.89. The van der Waals surface area contributed by atoms with Gasteiger partial charge in [-0.05, 0) is 45.3 Å². The van der Waals surface area contributed by atoms with Crippen molar-refractivity contribution < 1.29 is 4.79 Å². The third kappa shape index (κ3) is 6.39. The van der Waals surface area contributed by atoms with Crippen LogP contribution in [0, 0.1) is 0 Å². The monoisotopic (exact) mass is 269 g/mol. The molecule has 1 aliphatic rings. The van der Waals surface area contributed by atoms with E-state index in [0.29, 0.717) is 12.5 Å². The molecule has 0 aliphatic carbocycles. The molecule has 1 amide bonds. The Morgan fingerprint density at radius 1 is 1.37 bits per heavy atom. The van der Waals surface area contributed by atoms with Crippen LogP contribution < -0.4 is 5.32 Å². The number of hydrogen-bond acceptors (Lipinski definition) is 3. The van der Waals surface area contributed by atoms with Crippen molar-refractivity contribution in [1.29, 1.82) is 0 Å². The lowest BCUT2D eigenvalue weighted by Crippen LogP contribution is -2.46. The summed E-state index contributed by atoms with van der Waals surface area (Å²) in [7, 11) is 3.67. The van der Waals surface area contributed by atoms with Crippen LogP contribution in [0.5, 0.6) is 0 Å². The number of amides is 1. The van der Waals surface area contributed by atoms with E-state index >= 15 is 0 Å². The van der Waals surface area contributed by atoms with Gasteiger partial charge in [0.05, 0.1) is 0 Å². The van der Waals surface area contributed by atoms with Gasteiger partial charge in [-0.3, -0.25) is 9.69 Å². The first kappa shape index (κ1) is 16.4. The predicted molar refractivity (Wildman–Crippen MR) is 80.3 cm³/mol. The molecule has 1 unspecified atom stereocenters. The quantitative estimate of drug-likeness (QED) is 0.681. The zero-order valence-electron chi connectivity index (χ0n) is 13.0. The van der Waals surface area contributed by atoms with Crippen LogP contribution in [-0.4, -0.2) is 62.0 Å². The molecule has 1 saturated heterocycles. The summed E-state index contributed by atoms with van der Waals surface area (Å²) in [4.78, 5) is 15.8. The molecule has 0 aromatic heterocycles. The molecule has 1 aliphatic heterocycles. The first-order valence-electron chi connectivity index (χ1n) is 7.80. The van der Waals surface area contributed by atoms with Crippen molar-refractivity contribution in [3.63, 3.8) is 0 Å². The summed E-state index contributed by atoms with van der Waals surface area (Å²) in [6.07, 6.45) is 6.83. The van der Waals surface area contributed by atoms with Crippen molar-refractivity contribution in [2.45, 2.75) is 51.5 Å². The average molecular weight is 269 g/mol. The van der Waals surface area contributed by atoms with Gasteiger partial charge in [0.1, 0.15) is 0 Å². The Morgan fingerprint density at radius 2 is 2.16 bits per heavy atom. The lowest BCUT2D eigenvalue weighted by atomic mass is 10.0. The lowest BCUT2D eigenvalue weighted by Gasteiger charge is -2.36. The van der Waals surface area contributed by atoms with E-state index in [1.807, 2.05) is 14.1 Å². The summed E-state index contributed by atoms with van der Waals surface area (Å²) >= 11 is 0. The summed E-state index contributed by atoms with van der Waals surface area (Å²) in [5.41, 5.74) is 0. The maximum absolute atomic E-state index is 11.6. The second kappa shape index (κ2) is 9.32. The molecule has 1 rings (SSSR count). The Bertz CT molecular complexity index is 256. The van der Waals surface area contributed by atoms with E-state index in [1.54, 1.807) is 4.90 Å². The molecule has 0 aromatic carbocycles. The van der Waals surface area contributed by atoms with Gasteiger partial charge in [-0.2, -0.15) is 0 Å². The number of piperidine rings is 1. The molecule has 19 heavy (non-hydrogen) atoms. The van der Waals surface area contributed by atoms with Crippen LogP contribution in [0.3, 0.4) is 0 Å². The van der Waals surface area contributed by atoms with Gasteiger partial charge in [-0.1, -0.05) is 13.3 Å². The molecular formula is C15H31N3O. The fourth-order valence-corrected chi connectivity index (χ4v) is 2.69. The van der Waals surface area contributed by atoms with Crippen molar-refractivity contribution in [1.82, 2.24) is 15.1 Å². The highest BCUT2D eigenvalue weighted by atomic mass is 16.2. The summed E-state index contributed by atoms with van der Waals surface area (Å²) in [6, 6.07) is 0.676. The van der Waals surface area contributed by atoms with E-state index in [2.05, 4.69) is 17.1 Å². The van der Waals surface area contributed by atoms with E-state index in [0.717, 1.165) is 26.1 Å². The molecular weight excluding hydrogens is 238 g/mol. The predicted octanol–water partition coefficient (Wildman–Crippen LogP) is 1.71. The first-order valence-corrected chi connectivity index (χ1v) is 7.80. The minimum absolute atomic E-state index is 0.248. The molecule has 1 atom stereocenters. The van der Waals surface area contributed by atoms with Gasteiger partial charge in [0.2, 0.25) is 5.91 Å². The minimum Gasteiger partial charge on any atom is -0.349 e. The van der Waals surface area contributed by atoms with Gasteiger partial charge in [0.15, 0.2) is 0 Å².